The zero-order chi connectivity index (χ0) is 11.1. The SMILES string of the molecule is Cc1cc(=O)nc2c3ccccc3ccn12. The Morgan fingerprint density at radius 3 is 2.88 bits per heavy atom. The van der Waals surface area contributed by atoms with E-state index in [9.17, 15) is 4.79 Å². The summed E-state index contributed by atoms with van der Waals surface area (Å²) in [5, 5.41) is 2.10. The molecular formula is C13H10N2O. The first-order chi connectivity index (χ1) is 7.75. The molecule has 2 heterocycles. The van der Waals surface area contributed by atoms with E-state index < -0.39 is 0 Å². The van der Waals surface area contributed by atoms with Gasteiger partial charge in [-0.2, -0.15) is 4.98 Å². The first-order valence-electron chi connectivity index (χ1n) is 5.13. The summed E-state index contributed by atoms with van der Waals surface area (Å²) >= 11 is 0. The van der Waals surface area contributed by atoms with Crippen molar-refractivity contribution in [2.75, 3.05) is 0 Å². The predicted molar refractivity (Wildman–Crippen MR) is 63.7 cm³/mol. The number of aryl methyl sites for hydroxylation is 1. The van der Waals surface area contributed by atoms with Gasteiger partial charge in [0, 0.05) is 23.3 Å². The van der Waals surface area contributed by atoms with Crippen molar-refractivity contribution in [1.29, 1.82) is 0 Å². The summed E-state index contributed by atoms with van der Waals surface area (Å²) in [6, 6.07) is 11.5. The van der Waals surface area contributed by atoms with Gasteiger partial charge in [0.15, 0.2) is 0 Å². The second-order valence-corrected chi connectivity index (χ2v) is 3.83. The van der Waals surface area contributed by atoms with Gasteiger partial charge >= 0.3 is 0 Å². The minimum Gasteiger partial charge on any atom is -0.305 e. The molecule has 78 valence electrons. The first-order valence-corrected chi connectivity index (χ1v) is 5.13. The smallest absolute Gasteiger partial charge is 0.273 e. The second kappa shape index (κ2) is 3.17. The van der Waals surface area contributed by atoms with Crippen LogP contribution in [-0.2, 0) is 0 Å². The van der Waals surface area contributed by atoms with Crippen LogP contribution in [0.2, 0.25) is 0 Å². The van der Waals surface area contributed by atoms with Gasteiger partial charge in [-0.25, -0.2) is 0 Å². The van der Waals surface area contributed by atoms with Crippen molar-refractivity contribution in [3.05, 3.63) is 58.6 Å². The molecule has 3 rings (SSSR count). The third-order valence-electron chi connectivity index (χ3n) is 2.76. The van der Waals surface area contributed by atoms with Crippen LogP contribution >= 0.6 is 0 Å². The lowest BCUT2D eigenvalue weighted by Crippen LogP contribution is -2.10. The molecule has 0 radical (unpaired) electrons. The highest BCUT2D eigenvalue weighted by Crippen LogP contribution is 2.17. The van der Waals surface area contributed by atoms with Gasteiger partial charge in [-0.3, -0.25) is 4.79 Å². The van der Waals surface area contributed by atoms with Crippen molar-refractivity contribution in [2.45, 2.75) is 6.92 Å². The Bertz CT molecular complexity index is 744. The van der Waals surface area contributed by atoms with Crippen LogP contribution in [0.3, 0.4) is 0 Å². The molecule has 0 bridgehead atoms. The van der Waals surface area contributed by atoms with E-state index in [1.807, 2.05) is 47.9 Å². The van der Waals surface area contributed by atoms with Gasteiger partial charge in [0.05, 0.1) is 0 Å². The van der Waals surface area contributed by atoms with Crippen molar-refractivity contribution in [1.82, 2.24) is 9.38 Å². The molecule has 0 aliphatic rings. The number of aromatic nitrogens is 2. The summed E-state index contributed by atoms with van der Waals surface area (Å²) in [6.45, 7) is 1.91. The lowest BCUT2D eigenvalue weighted by atomic mass is 10.1. The number of fused-ring (bicyclic) bond motifs is 3. The van der Waals surface area contributed by atoms with Crippen molar-refractivity contribution in [3.63, 3.8) is 0 Å². The molecule has 0 N–H and O–H groups in total. The van der Waals surface area contributed by atoms with Crippen LogP contribution in [0.1, 0.15) is 5.69 Å². The van der Waals surface area contributed by atoms with Gasteiger partial charge < -0.3 is 4.40 Å². The van der Waals surface area contributed by atoms with E-state index in [0.717, 1.165) is 22.1 Å². The number of benzene rings is 1. The van der Waals surface area contributed by atoms with Crippen molar-refractivity contribution in [2.24, 2.45) is 0 Å². The summed E-state index contributed by atoms with van der Waals surface area (Å²) < 4.78 is 1.93. The van der Waals surface area contributed by atoms with E-state index in [1.165, 1.54) is 0 Å². The van der Waals surface area contributed by atoms with Crippen LogP contribution in [0.25, 0.3) is 16.4 Å². The van der Waals surface area contributed by atoms with Gasteiger partial charge in [0.2, 0.25) is 0 Å². The molecule has 2 aromatic heterocycles. The molecule has 0 saturated heterocycles. The quantitative estimate of drug-likeness (QED) is 0.533. The van der Waals surface area contributed by atoms with E-state index >= 15 is 0 Å². The summed E-state index contributed by atoms with van der Waals surface area (Å²) in [4.78, 5) is 15.5. The number of hydrogen-bond donors (Lipinski definition) is 0. The Balaban J connectivity index is 2.65. The Hall–Kier alpha value is -2.16. The predicted octanol–water partition coefficient (Wildman–Crippen LogP) is 2.16. The molecule has 0 aliphatic carbocycles. The van der Waals surface area contributed by atoms with Crippen molar-refractivity contribution in [3.8, 4) is 0 Å². The average molecular weight is 210 g/mol. The molecule has 0 unspecified atom stereocenters. The maximum absolute atomic E-state index is 11.4. The fourth-order valence-electron chi connectivity index (χ4n) is 1.98. The minimum absolute atomic E-state index is 0.186. The van der Waals surface area contributed by atoms with Crippen LogP contribution in [0.15, 0.2) is 47.4 Å². The Kier molecular flexibility index (Phi) is 1.80. The molecule has 0 spiro atoms. The summed E-state index contributed by atoms with van der Waals surface area (Å²) in [7, 11) is 0. The molecule has 3 nitrogen and oxygen atoms in total. The topological polar surface area (TPSA) is 34.4 Å². The third kappa shape index (κ3) is 1.21. The number of rotatable bonds is 0. The van der Waals surface area contributed by atoms with E-state index in [-0.39, 0.29) is 5.56 Å². The van der Waals surface area contributed by atoms with E-state index in [0.29, 0.717) is 0 Å². The highest BCUT2D eigenvalue weighted by molar-refractivity contribution is 5.93. The largest absolute Gasteiger partial charge is 0.305 e. The molecule has 3 heteroatoms. The molecule has 0 fully saturated rings. The lowest BCUT2D eigenvalue weighted by molar-refractivity contribution is 1.02. The number of pyridine rings is 1. The van der Waals surface area contributed by atoms with E-state index in [4.69, 9.17) is 0 Å². The zero-order valence-electron chi connectivity index (χ0n) is 8.84. The fourth-order valence-corrected chi connectivity index (χ4v) is 1.98. The Morgan fingerprint density at radius 1 is 1.19 bits per heavy atom. The zero-order valence-corrected chi connectivity index (χ0v) is 8.84. The van der Waals surface area contributed by atoms with Crippen molar-refractivity contribution < 1.29 is 0 Å². The average Bonchev–Trinajstić information content (AvgIpc) is 2.28. The monoisotopic (exact) mass is 210 g/mol. The van der Waals surface area contributed by atoms with Crippen LogP contribution < -0.4 is 5.56 Å². The standard InChI is InChI=1S/C13H10N2O/c1-9-8-12(16)14-13-11-5-3-2-4-10(11)6-7-15(9)13/h2-8H,1H3. The molecule has 0 amide bonds. The van der Waals surface area contributed by atoms with Gasteiger partial charge in [0.1, 0.15) is 5.65 Å². The molecule has 16 heavy (non-hydrogen) atoms. The molecular weight excluding hydrogens is 200 g/mol. The molecule has 3 aromatic rings. The maximum Gasteiger partial charge on any atom is 0.273 e. The highest BCUT2D eigenvalue weighted by atomic mass is 16.1. The fraction of sp³-hybridized carbons (Fsp3) is 0.0769. The van der Waals surface area contributed by atoms with Crippen LogP contribution in [0.4, 0.5) is 0 Å². The molecule has 0 saturated carbocycles. The van der Waals surface area contributed by atoms with Crippen LogP contribution in [0, 0.1) is 6.92 Å². The van der Waals surface area contributed by atoms with Crippen molar-refractivity contribution >= 4 is 16.4 Å². The van der Waals surface area contributed by atoms with Gasteiger partial charge in [-0.15, -0.1) is 0 Å². The van der Waals surface area contributed by atoms with Gasteiger partial charge in [-0.05, 0) is 18.4 Å². The molecule has 1 aromatic carbocycles. The van der Waals surface area contributed by atoms with E-state index in [1.54, 1.807) is 6.07 Å². The van der Waals surface area contributed by atoms with Crippen LogP contribution in [0.5, 0.6) is 0 Å². The van der Waals surface area contributed by atoms with Gasteiger partial charge in [-0.1, -0.05) is 24.3 Å². The molecule has 0 atom stereocenters. The van der Waals surface area contributed by atoms with E-state index in [2.05, 4.69) is 4.98 Å². The maximum atomic E-state index is 11.4. The Morgan fingerprint density at radius 2 is 2.00 bits per heavy atom. The Labute approximate surface area is 92.0 Å². The summed E-state index contributed by atoms with van der Waals surface area (Å²) in [6.07, 6.45) is 1.94. The summed E-state index contributed by atoms with van der Waals surface area (Å²) in [5.41, 5.74) is 1.44. The highest BCUT2D eigenvalue weighted by Gasteiger charge is 2.03. The normalized spacial score (nSPS) is 11.1. The number of nitrogens with zero attached hydrogens (tertiary/aromatic N) is 2. The third-order valence-corrected chi connectivity index (χ3v) is 2.76. The second-order valence-electron chi connectivity index (χ2n) is 3.83. The minimum atomic E-state index is -0.186. The molecule has 0 aliphatic heterocycles. The van der Waals surface area contributed by atoms with Crippen LogP contribution in [-0.4, -0.2) is 9.38 Å². The lowest BCUT2D eigenvalue weighted by Gasteiger charge is -2.06. The van der Waals surface area contributed by atoms with Gasteiger partial charge in [0.25, 0.3) is 5.56 Å². The summed E-state index contributed by atoms with van der Waals surface area (Å²) in [5.74, 6) is 0. The number of hydrogen-bond acceptors (Lipinski definition) is 2. The first kappa shape index (κ1) is 9.09.